The van der Waals surface area contributed by atoms with Crippen LogP contribution in [0.1, 0.15) is 39.5 Å². The van der Waals surface area contributed by atoms with Gasteiger partial charge < -0.3 is 19.9 Å². The molecule has 0 aliphatic carbocycles. The van der Waals surface area contributed by atoms with Crippen molar-refractivity contribution >= 4 is 17.0 Å². The molecule has 1 aliphatic heterocycles. The summed E-state index contributed by atoms with van der Waals surface area (Å²) in [6.45, 7) is 9.39. The highest BCUT2D eigenvalue weighted by molar-refractivity contribution is 5.81. The Labute approximate surface area is 143 Å². The van der Waals surface area contributed by atoms with Crippen molar-refractivity contribution in [2.24, 2.45) is 5.92 Å². The largest absolute Gasteiger partial charge is 0.463 e. The summed E-state index contributed by atoms with van der Waals surface area (Å²) < 4.78 is 7.73. The number of likely N-dealkylation sites (tertiary alicyclic amines) is 1. The fourth-order valence-electron chi connectivity index (χ4n) is 3.21. The maximum atomic E-state index is 6.03. The third-order valence-electron chi connectivity index (χ3n) is 4.81. The highest BCUT2D eigenvalue weighted by atomic mass is 16.5. The number of hydrogen-bond acceptors (Lipinski definition) is 6. The van der Waals surface area contributed by atoms with Gasteiger partial charge in [0.2, 0.25) is 0 Å². The van der Waals surface area contributed by atoms with E-state index >= 15 is 0 Å². The van der Waals surface area contributed by atoms with Gasteiger partial charge >= 0.3 is 6.01 Å². The van der Waals surface area contributed by atoms with Gasteiger partial charge in [0.05, 0.1) is 12.9 Å². The van der Waals surface area contributed by atoms with E-state index in [-0.39, 0.29) is 0 Å². The third kappa shape index (κ3) is 3.77. The summed E-state index contributed by atoms with van der Waals surface area (Å²) in [5.74, 6) is 1.05. The minimum absolute atomic E-state index is 0.357. The zero-order chi connectivity index (χ0) is 16.9. The van der Waals surface area contributed by atoms with Gasteiger partial charge in [-0.15, -0.1) is 0 Å². The standard InChI is InChI=1S/C17H28N6O/c1-3-5-10-24-17-20-15(18)14-16(21-17)23(12-19-14)11-13-6-8-22(4-2)9-7-13/h12-13H,3-11H2,1-2H3,(H2,18,20,21). The smallest absolute Gasteiger partial charge is 0.320 e. The number of anilines is 1. The first kappa shape index (κ1) is 17.0. The summed E-state index contributed by atoms with van der Waals surface area (Å²) in [5, 5.41) is 0. The van der Waals surface area contributed by atoms with E-state index in [0.717, 1.165) is 31.6 Å². The second kappa shape index (κ2) is 7.79. The van der Waals surface area contributed by atoms with Gasteiger partial charge in [-0.2, -0.15) is 9.97 Å². The number of imidazole rings is 1. The van der Waals surface area contributed by atoms with Gasteiger partial charge in [0.15, 0.2) is 17.0 Å². The topological polar surface area (TPSA) is 82.1 Å². The molecule has 2 N–H and O–H groups in total. The first-order valence-electron chi connectivity index (χ1n) is 9.04. The predicted molar refractivity (Wildman–Crippen MR) is 95.0 cm³/mol. The molecule has 1 aliphatic rings. The van der Waals surface area contributed by atoms with Crippen LogP contribution in [0.15, 0.2) is 6.33 Å². The van der Waals surface area contributed by atoms with Crippen molar-refractivity contribution < 1.29 is 4.74 Å². The van der Waals surface area contributed by atoms with Crippen LogP contribution in [0.5, 0.6) is 6.01 Å². The quantitative estimate of drug-likeness (QED) is 0.784. The van der Waals surface area contributed by atoms with E-state index in [9.17, 15) is 0 Å². The van der Waals surface area contributed by atoms with Crippen molar-refractivity contribution in [3.05, 3.63) is 6.33 Å². The molecule has 2 aromatic rings. The lowest BCUT2D eigenvalue weighted by molar-refractivity contribution is 0.181. The minimum atomic E-state index is 0.357. The number of nitrogen functional groups attached to an aromatic ring is 1. The second-order valence-corrected chi connectivity index (χ2v) is 6.54. The fraction of sp³-hybridized carbons (Fsp3) is 0.706. The number of unbranched alkanes of at least 4 members (excludes halogenated alkanes) is 1. The molecule has 0 radical (unpaired) electrons. The zero-order valence-corrected chi connectivity index (χ0v) is 14.7. The molecular formula is C17H28N6O. The van der Waals surface area contributed by atoms with E-state index in [1.807, 2.05) is 6.33 Å². The summed E-state index contributed by atoms with van der Waals surface area (Å²) in [6, 6.07) is 0.357. The van der Waals surface area contributed by atoms with E-state index in [4.69, 9.17) is 10.5 Å². The van der Waals surface area contributed by atoms with Crippen LogP contribution in [-0.4, -0.2) is 50.7 Å². The molecule has 1 fully saturated rings. The van der Waals surface area contributed by atoms with Crippen molar-refractivity contribution in [2.45, 2.75) is 46.1 Å². The first-order valence-corrected chi connectivity index (χ1v) is 9.04. The number of piperidine rings is 1. The van der Waals surface area contributed by atoms with E-state index in [1.54, 1.807) is 0 Å². The number of rotatable bonds is 7. The molecule has 3 rings (SSSR count). The Morgan fingerprint density at radius 3 is 2.75 bits per heavy atom. The number of aromatic nitrogens is 4. The van der Waals surface area contributed by atoms with Gasteiger partial charge in [-0.25, -0.2) is 4.98 Å². The molecule has 24 heavy (non-hydrogen) atoms. The number of hydrogen-bond donors (Lipinski definition) is 1. The van der Waals surface area contributed by atoms with E-state index < -0.39 is 0 Å². The summed E-state index contributed by atoms with van der Waals surface area (Å²) in [6.07, 6.45) is 6.32. The highest BCUT2D eigenvalue weighted by Crippen LogP contribution is 2.23. The summed E-state index contributed by atoms with van der Waals surface area (Å²) in [7, 11) is 0. The van der Waals surface area contributed by atoms with Crippen LogP contribution in [-0.2, 0) is 6.54 Å². The molecule has 2 aromatic heterocycles. The Balaban J connectivity index is 1.73. The maximum absolute atomic E-state index is 6.03. The molecule has 7 heteroatoms. The van der Waals surface area contributed by atoms with Gasteiger partial charge in [-0.1, -0.05) is 20.3 Å². The molecule has 1 saturated heterocycles. The third-order valence-corrected chi connectivity index (χ3v) is 4.81. The minimum Gasteiger partial charge on any atom is -0.463 e. The Hall–Kier alpha value is -1.89. The number of fused-ring (bicyclic) bond motifs is 1. The van der Waals surface area contributed by atoms with Crippen LogP contribution in [0.4, 0.5) is 5.82 Å². The van der Waals surface area contributed by atoms with E-state index in [1.165, 1.54) is 25.9 Å². The normalized spacial score (nSPS) is 16.8. The first-order chi connectivity index (χ1) is 11.7. The molecule has 0 unspecified atom stereocenters. The Kier molecular flexibility index (Phi) is 5.50. The van der Waals surface area contributed by atoms with Crippen LogP contribution in [0, 0.1) is 5.92 Å². The summed E-state index contributed by atoms with van der Waals surface area (Å²) >= 11 is 0. The van der Waals surface area contributed by atoms with Gasteiger partial charge in [-0.3, -0.25) is 0 Å². The molecule has 132 valence electrons. The van der Waals surface area contributed by atoms with Crippen molar-refractivity contribution in [1.82, 2.24) is 24.4 Å². The SMILES string of the molecule is CCCCOc1nc(N)c2ncn(CC3CCN(CC)CC3)c2n1. The Morgan fingerprint density at radius 2 is 2.04 bits per heavy atom. The molecule has 3 heterocycles. The molecule has 0 saturated carbocycles. The lowest BCUT2D eigenvalue weighted by Crippen LogP contribution is -2.34. The van der Waals surface area contributed by atoms with Gasteiger partial charge in [0.1, 0.15) is 0 Å². The monoisotopic (exact) mass is 332 g/mol. The summed E-state index contributed by atoms with van der Waals surface area (Å²) in [5.41, 5.74) is 7.48. The maximum Gasteiger partial charge on any atom is 0.320 e. The molecule has 0 spiro atoms. The Morgan fingerprint density at radius 1 is 1.25 bits per heavy atom. The second-order valence-electron chi connectivity index (χ2n) is 6.54. The van der Waals surface area contributed by atoms with Gasteiger partial charge in [0, 0.05) is 6.54 Å². The lowest BCUT2D eigenvalue weighted by Gasteiger charge is -2.31. The fourth-order valence-corrected chi connectivity index (χ4v) is 3.21. The molecule has 0 amide bonds. The average Bonchev–Trinajstić information content (AvgIpc) is 2.99. The molecule has 0 aromatic carbocycles. The average molecular weight is 332 g/mol. The molecule has 0 bridgehead atoms. The van der Waals surface area contributed by atoms with Crippen LogP contribution in [0.25, 0.3) is 11.2 Å². The molecule has 7 nitrogen and oxygen atoms in total. The van der Waals surface area contributed by atoms with Crippen LogP contribution in [0.3, 0.4) is 0 Å². The van der Waals surface area contributed by atoms with Crippen molar-refractivity contribution in [1.29, 1.82) is 0 Å². The number of nitrogens with zero attached hydrogens (tertiary/aromatic N) is 5. The van der Waals surface area contributed by atoms with Crippen LogP contribution in [0.2, 0.25) is 0 Å². The van der Waals surface area contributed by atoms with Gasteiger partial charge in [0.25, 0.3) is 0 Å². The Bertz CT molecular complexity index is 662. The summed E-state index contributed by atoms with van der Waals surface area (Å²) in [4.78, 5) is 15.7. The number of nitrogens with two attached hydrogens (primary N) is 1. The van der Waals surface area contributed by atoms with Gasteiger partial charge in [-0.05, 0) is 44.8 Å². The van der Waals surface area contributed by atoms with Crippen molar-refractivity contribution in [2.75, 3.05) is 32.0 Å². The highest BCUT2D eigenvalue weighted by Gasteiger charge is 2.20. The number of ether oxygens (including phenoxy) is 1. The lowest BCUT2D eigenvalue weighted by atomic mass is 9.97. The van der Waals surface area contributed by atoms with Crippen molar-refractivity contribution in [3.63, 3.8) is 0 Å². The molecular weight excluding hydrogens is 304 g/mol. The zero-order valence-electron chi connectivity index (χ0n) is 14.7. The molecule has 0 atom stereocenters. The van der Waals surface area contributed by atoms with Crippen LogP contribution >= 0.6 is 0 Å². The van der Waals surface area contributed by atoms with Crippen molar-refractivity contribution in [3.8, 4) is 6.01 Å². The van der Waals surface area contributed by atoms with E-state index in [2.05, 4.69) is 38.3 Å². The van der Waals surface area contributed by atoms with E-state index in [0.29, 0.717) is 29.9 Å². The van der Waals surface area contributed by atoms with Crippen LogP contribution < -0.4 is 10.5 Å². The predicted octanol–water partition coefficient (Wildman–Crippen LogP) is 2.32.